The third kappa shape index (κ3) is 6.35. The molecule has 5 rings (SSSR count). The molecule has 0 bridgehead atoms. The maximum Gasteiger partial charge on any atom is 0.272 e. The monoisotopic (exact) mass is 502 g/mol. The van der Waals surface area contributed by atoms with Crippen LogP contribution in [0.3, 0.4) is 0 Å². The molecular weight excluding hydrogens is 472 g/mol. The van der Waals surface area contributed by atoms with Gasteiger partial charge in [-0.1, -0.05) is 12.1 Å². The first-order valence-corrected chi connectivity index (χ1v) is 11.8. The highest BCUT2D eigenvalue weighted by atomic mass is 16.5. The van der Waals surface area contributed by atoms with Crippen molar-refractivity contribution in [1.29, 1.82) is 0 Å². The van der Waals surface area contributed by atoms with E-state index in [2.05, 4.69) is 25.8 Å². The largest absolute Gasteiger partial charge is 0.497 e. The summed E-state index contributed by atoms with van der Waals surface area (Å²) >= 11 is 0. The van der Waals surface area contributed by atoms with Gasteiger partial charge in [-0.2, -0.15) is 5.10 Å². The van der Waals surface area contributed by atoms with Crippen molar-refractivity contribution in [1.82, 2.24) is 20.1 Å². The van der Waals surface area contributed by atoms with E-state index < -0.39 is 0 Å². The van der Waals surface area contributed by atoms with Crippen LogP contribution in [0.1, 0.15) is 23.3 Å². The Balaban J connectivity index is 0.000000195. The fourth-order valence-electron chi connectivity index (χ4n) is 3.49. The molecule has 1 aliphatic carbocycles. The minimum absolute atomic E-state index is 0.134. The Morgan fingerprint density at radius 3 is 2.35 bits per heavy atom. The van der Waals surface area contributed by atoms with Gasteiger partial charge in [-0.15, -0.1) is 0 Å². The number of amides is 2. The first-order chi connectivity index (χ1) is 17.9. The molecule has 0 unspecified atom stereocenters. The Kier molecular flexibility index (Phi) is 7.87. The van der Waals surface area contributed by atoms with Crippen LogP contribution in [0.2, 0.25) is 0 Å². The molecule has 1 aliphatic rings. The number of anilines is 3. The summed E-state index contributed by atoms with van der Waals surface area (Å²) in [4.78, 5) is 29.1. The number of nitrogens with one attached hydrogen (secondary N) is 3. The van der Waals surface area contributed by atoms with Crippen LogP contribution >= 0.6 is 0 Å². The number of benzene rings is 2. The van der Waals surface area contributed by atoms with Crippen molar-refractivity contribution in [2.45, 2.75) is 12.8 Å². The minimum Gasteiger partial charge on any atom is -0.497 e. The number of para-hydroxylation sites is 1. The highest BCUT2D eigenvalue weighted by molar-refractivity contribution is 5.94. The Bertz CT molecular complexity index is 1380. The second kappa shape index (κ2) is 11.4. The first kappa shape index (κ1) is 25.5. The molecule has 0 spiro atoms. The highest BCUT2D eigenvalue weighted by Crippen LogP contribution is 2.30. The molecule has 1 saturated carbocycles. The van der Waals surface area contributed by atoms with E-state index in [0.717, 1.165) is 35.2 Å². The van der Waals surface area contributed by atoms with Gasteiger partial charge in [0.25, 0.3) is 5.91 Å². The molecule has 0 atom stereocenters. The number of hydrogen-bond donors (Lipinski definition) is 3. The molecule has 3 N–H and O–H groups in total. The fraction of sp³-hybridized carbons (Fsp3) is 0.259. The molecule has 37 heavy (non-hydrogen) atoms. The zero-order valence-electron chi connectivity index (χ0n) is 21.2. The number of aromatic amines is 1. The van der Waals surface area contributed by atoms with Crippen LogP contribution in [0.4, 0.5) is 17.2 Å². The van der Waals surface area contributed by atoms with Crippen LogP contribution in [-0.2, 0) is 4.79 Å². The van der Waals surface area contributed by atoms with Gasteiger partial charge in [0.2, 0.25) is 11.8 Å². The zero-order chi connectivity index (χ0) is 26.4. The van der Waals surface area contributed by atoms with Crippen LogP contribution in [0.5, 0.6) is 11.6 Å². The van der Waals surface area contributed by atoms with Gasteiger partial charge < -0.3 is 25.0 Å². The smallest absolute Gasteiger partial charge is 0.272 e. The highest BCUT2D eigenvalue weighted by Gasteiger charge is 2.29. The summed E-state index contributed by atoms with van der Waals surface area (Å²) in [6, 6.07) is 18.6. The summed E-state index contributed by atoms with van der Waals surface area (Å²) in [6.07, 6.45) is 2.06. The molecule has 1 fully saturated rings. The van der Waals surface area contributed by atoms with Crippen molar-refractivity contribution in [3.05, 3.63) is 66.4 Å². The molecule has 2 heterocycles. The van der Waals surface area contributed by atoms with Gasteiger partial charge in [-0.25, -0.2) is 4.98 Å². The number of carbonyl (C=O) groups excluding carboxylic acids is 2. The number of pyridine rings is 1. The Labute approximate surface area is 215 Å². The van der Waals surface area contributed by atoms with Gasteiger partial charge in [0.15, 0.2) is 5.82 Å². The molecule has 0 aliphatic heterocycles. The van der Waals surface area contributed by atoms with E-state index >= 15 is 0 Å². The topological polar surface area (TPSA) is 121 Å². The third-order valence-electron chi connectivity index (χ3n) is 5.71. The number of nitrogens with zero attached hydrogens (tertiary/aromatic N) is 3. The van der Waals surface area contributed by atoms with Gasteiger partial charge in [0, 0.05) is 31.1 Å². The summed E-state index contributed by atoms with van der Waals surface area (Å²) in [7, 11) is 6.49. The molecule has 0 radical (unpaired) electrons. The summed E-state index contributed by atoms with van der Waals surface area (Å²) in [6.45, 7) is 0. The maximum atomic E-state index is 12.0. The number of fused-ring (bicyclic) bond motifs is 1. The lowest BCUT2D eigenvalue weighted by Crippen LogP contribution is -2.22. The number of H-pyrrole nitrogens is 1. The third-order valence-corrected chi connectivity index (χ3v) is 5.71. The van der Waals surface area contributed by atoms with Crippen LogP contribution in [0.25, 0.3) is 10.9 Å². The van der Waals surface area contributed by atoms with E-state index in [1.165, 1.54) is 12.0 Å². The van der Waals surface area contributed by atoms with Gasteiger partial charge in [-0.3, -0.25) is 14.7 Å². The number of aromatic nitrogens is 3. The summed E-state index contributed by atoms with van der Waals surface area (Å²) in [5, 5.41) is 14.2. The lowest BCUT2D eigenvalue weighted by atomic mass is 10.2. The van der Waals surface area contributed by atoms with Crippen molar-refractivity contribution >= 4 is 39.9 Å². The number of carbonyl (C=O) groups is 2. The average molecular weight is 503 g/mol. The van der Waals surface area contributed by atoms with Gasteiger partial charge in [0.05, 0.1) is 19.7 Å². The summed E-state index contributed by atoms with van der Waals surface area (Å²) in [5.41, 5.74) is 2.73. The van der Waals surface area contributed by atoms with Crippen molar-refractivity contribution in [3.63, 3.8) is 0 Å². The Morgan fingerprint density at radius 1 is 0.973 bits per heavy atom. The van der Waals surface area contributed by atoms with Crippen LogP contribution < -0.4 is 20.1 Å². The van der Waals surface area contributed by atoms with E-state index in [1.807, 2.05) is 48.5 Å². The van der Waals surface area contributed by atoms with E-state index in [9.17, 15) is 9.59 Å². The van der Waals surface area contributed by atoms with E-state index in [1.54, 1.807) is 33.3 Å². The summed E-state index contributed by atoms with van der Waals surface area (Å²) in [5.74, 6) is 2.01. The van der Waals surface area contributed by atoms with E-state index in [4.69, 9.17) is 9.47 Å². The normalized spacial score (nSPS) is 12.2. The second-order valence-corrected chi connectivity index (χ2v) is 8.69. The predicted molar refractivity (Wildman–Crippen MR) is 143 cm³/mol. The quantitative estimate of drug-likeness (QED) is 0.341. The van der Waals surface area contributed by atoms with E-state index in [0.29, 0.717) is 23.1 Å². The van der Waals surface area contributed by atoms with Crippen LogP contribution in [0, 0.1) is 5.92 Å². The molecule has 2 amide bonds. The number of ether oxygens (including phenoxy) is 2. The lowest BCUT2D eigenvalue weighted by molar-refractivity contribution is -0.117. The zero-order valence-corrected chi connectivity index (χ0v) is 21.2. The number of rotatable bonds is 7. The molecule has 4 aromatic rings. The molecule has 192 valence electrons. The van der Waals surface area contributed by atoms with Crippen LogP contribution in [0.15, 0.2) is 60.7 Å². The fourth-order valence-corrected chi connectivity index (χ4v) is 3.49. The van der Waals surface area contributed by atoms with Crippen molar-refractivity contribution in [2.75, 3.05) is 38.9 Å². The number of hydrogen-bond acceptors (Lipinski definition) is 7. The second-order valence-electron chi connectivity index (χ2n) is 8.69. The molecule has 10 heteroatoms. The Hall–Kier alpha value is -4.60. The molecule has 2 aromatic heterocycles. The van der Waals surface area contributed by atoms with Crippen LogP contribution in [-0.4, -0.2) is 60.2 Å². The molecule has 0 saturated heterocycles. The Morgan fingerprint density at radius 2 is 1.70 bits per heavy atom. The average Bonchev–Trinajstić information content (AvgIpc) is 3.71. The van der Waals surface area contributed by atoms with Gasteiger partial charge >= 0.3 is 0 Å². The molecular formula is C27H30N6O4. The van der Waals surface area contributed by atoms with Crippen molar-refractivity contribution in [3.8, 4) is 11.6 Å². The first-order valence-electron chi connectivity index (χ1n) is 11.8. The SMILES string of the molecule is COc1ccc(NC(=O)C2CC2)cc1.COc1nc(C(=O)N(C)C)ccc1Nc1n[nH]c2ccccc12. The summed E-state index contributed by atoms with van der Waals surface area (Å²) < 4.78 is 10.3. The van der Waals surface area contributed by atoms with Crippen molar-refractivity contribution in [2.24, 2.45) is 5.92 Å². The van der Waals surface area contributed by atoms with Gasteiger partial charge in [-0.05, 0) is 61.4 Å². The van der Waals surface area contributed by atoms with E-state index in [-0.39, 0.29) is 17.7 Å². The van der Waals surface area contributed by atoms with Crippen molar-refractivity contribution < 1.29 is 19.1 Å². The molecule has 2 aromatic carbocycles. The molecule has 10 nitrogen and oxygen atoms in total. The predicted octanol–water partition coefficient (Wildman–Crippen LogP) is 4.46. The van der Waals surface area contributed by atoms with Gasteiger partial charge in [0.1, 0.15) is 17.1 Å². The maximum absolute atomic E-state index is 12.0. The standard InChI is InChI=1S/C16H17N5O2.C11H13NO2/c1-21(2)16(22)13-9-8-12(15(18-13)23-3)17-14-10-6-4-5-7-11(10)19-20-14;1-14-10-6-4-9(5-7-10)12-11(13)8-2-3-8/h4-9H,1-3H3,(H2,17,19,20);4-8H,2-3H2,1H3,(H,12,13). The minimum atomic E-state index is -0.180. The lowest BCUT2D eigenvalue weighted by Gasteiger charge is -2.13. The number of methoxy groups -OCH3 is 2.